The molecule has 10 nitrogen and oxygen atoms in total. The van der Waals surface area contributed by atoms with E-state index < -0.39 is 18.0 Å². The fourth-order valence-electron chi connectivity index (χ4n) is 4.02. The molecule has 3 heterocycles. The van der Waals surface area contributed by atoms with Crippen LogP contribution in [-0.2, 0) is 12.0 Å². The van der Waals surface area contributed by atoms with E-state index in [1.807, 2.05) is 45.0 Å². The minimum Gasteiger partial charge on any atom is -0.374 e. The van der Waals surface area contributed by atoms with Gasteiger partial charge in [-0.2, -0.15) is 4.98 Å². The number of fused-ring (bicyclic) bond motifs is 1. The number of hydrogen-bond acceptors (Lipinski definition) is 8. The second-order valence-corrected chi connectivity index (χ2v) is 10.2. The van der Waals surface area contributed by atoms with Crippen LogP contribution in [0.5, 0.6) is 0 Å². The van der Waals surface area contributed by atoms with Gasteiger partial charge in [0, 0.05) is 40.5 Å². The van der Waals surface area contributed by atoms with Crippen LogP contribution in [0.25, 0.3) is 33.7 Å². The zero-order valence-corrected chi connectivity index (χ0v) is 21.9. The first-order valence-corrected chi connectivity index (χ1v) is 12.4. The fourth-order valence-corrected chi connectivity index (χ4v) is 4.02. The van der Waals surface area contributed by atoms with E-state index in [0.717, 1.165) is 16.8 Å². The molecule has 1 amide bonds. The summed E-state index contributed by atoms with van der Waals surface area (Å²) in [5.41, 5.74) is 3.99. The third-order valence-electron chi connectivity index (χ3n) is 6.00. The molecule has 1 atom stereocenters. The number of aliphatic hydroxyl groups excluding tert-OH is 1. The largest absolute Gasteiger partial charge is 0.374 e. The van der Waals surface area contributed by atoms with E-state index in [1.54, 1.807) is 31.3 Å². The standard InChI is InChI=1S/C28H28FN7O3/c1-15(37)32-19-7-5-6-17(12-19)23-33-22-20(10-11-30-24(22)34-23)16-8-9-18(21(29)13-16)14-31-25(38)26-35-27(36-39-26)28(2,3)4/h5-13,15,32,37H,14H2,1-4H3,(H,31,38)(H,30,33,34). The van der Waals surface area contributed by atoms with Gasteiger partial charge in [-0.3, -0.25) is 4.79 Å². The molecule has 5 rings (SSSR count). The molecule has 0 fully saturated rings. The minimum absolute atomic E-state index is 0.0467. The molecular weight excluding hydrogens is 501 g/mol. The molecule has 4 N–H and O–H groups in total. The monoisotopic (exact) mass is 529 g/mol. The minimum atomic E-state index is -0.699. The number of aromatic nitrogens is 5. The Balaban J connectivity index is 1.36. The Kier molecular flexibility index (Phi) is 6.83. The van der Waals surface area contributed by atoms with Gasteiger partial charge in [0.1, 0.15) is 17.9 Å². The molecule has 11 heteroatoms. The Morgan fingerprint density at radius 1 is 1.13 bits per heavy atom. The normalized spacial score (nSPS) is 12.5. The van der Waals surface area contributed by atoms with Crippen LogP contribution in [0.1, 0.15) is 49.8 Å². The Morgan fingerprint density at radius 2 is 1.95 bits per heavy atom. The molecule has 0 radical (unpaired) electrons. The van der Waals surface area contributed by atoms with Crippen LogP contribution in [-0.4, -0.2) is 42.3 Å². The van der Waals surface area contributed by atoms with E-state index in [2.05, 4.69) is 35.7 Å². The summed E-state index contributed by atoms with van der Waals surface area (Å²) in [6, 6.07) is 14.1. The molecule has 3 aromatic heterocycles. The number of anilines is 1. The number of aromatic amines is 1. The van der Waals surface area contributed by atoms with E-state index in [9.17, 15) is 9.90 Å². The number of nitrogens with one attached hydrogen (secondary N) is 3. The van der Waals surface area contributed by atoms with E-state index >= 15 is 4.39 Å². The average molecular weight is 530 g/mol. The summed E-state index contributed by atoms with van der Waals surface area (Å²) in [7, 11) is 0. The number of hydrogen-bond donors (Lipinski definition) is 4. The Bertz CT molecular complexity index is 1650. The van der Waals surface area contributed by atoms with Gasteiger partial charge in [-0.05, 0) is 36.8 Å². The van der Waals surface area contributed by atoms with Crippen LogP contribution in [0.3, 0.4) is 0 Å². The molecule has 0 aliphatic carbocycles. The number of rotatable bonds is 7. The second-order valence-electron chi connectivity index (χ2n) is 10.2. The van der Waals surface area contributed by atoms with Gasteiger partial charge >= 0.3 is 11.8 Å². The molecule has 0 aliphatic heterocycles. The maximum Gasteiger partial charge on any atom is 0.315 e. The van der Waals surface area contributed by atoms with Crippen molar-refractivity contribution >= 4 is 22.8 Å². The number of nitrogens with zero attached hydrogens (tertiary/aromatic N) is 4. The highest BCUT2D eigenvalue weighted by Crippen LogP contribution is 2.30. The summed E-state index contributed by atoms with van der Waals surface area (Å²) in [4.78, 5) is 28.8. The highest BCUT2D eigenvalue weighted by Gasteiger charge is 2.24. The summed E-state index contributed by atoms with van der Waals surface area (Å²) in [5.74, 6) is -0.212. The summed E-state index contributed by atoms with van der Waals surface area (Å²) in [6.45, 7) is 7.32. The molecule has 0 aliphatic rings. The zero-order chi connectivity index (χ0) is 27.7. The SMILES string of the molecule is CC(O)Nc1cccc(-c2nc3nccc(-c4ccc(CNC(=O)c5nc(C(C)(C)C)no5)c(F)c4)c3[nH]2)c1. The van der Waals surface area contributed by atoms with Crippen molar-refractivity contribution in [2.24, 2.45) is 0 Å². The van der Waals surface area contributed by atoms with Crippen molar-refractivity contribution in [3.8, 4) is 22.5 Å². The summed E-state index contributed by atoms with van der Waals surface area (Å²) in [5, 5.41) is 19.0. The van der Waals surface area contributed by atoms with Crippen LogP contribution in [0.2, 0.25) is 0 Å². The number of benzene rings is 2. The van der Waals surface area contributed by atoms with Crippen molar-refractivity contribution < 1.29 is 18.8 Å². The number of pyridine rings is 1. The predicted octanol–water partition coefficient (Wildman–Crippen LogP) is 4.79. The van der Waals surface area contributed by atoms with E-state index in [0.29, 0.717) is 33.9 Å². The Hall–Kier alpha value is -4.64. The van der Waals surface area contributed by atoms with Crippen molar-refractivity contribution in [2.75, 3.05) is 5.32 Å². The number of halogens is 1. The van der Waals surface area contributed by atoms with Crippen LogP contribution in [0.4, 0.5) is 10.1 Å². The third kappa shape index (κ3) is 5.63. The maximum atomic E-state index is 15.1. The van der Waals surface area contributed by atoms with E-state index in [4.69, 9.17) is 4.52 Å². The number of imidazole rings is 1. The van der Waals surface area contributed by atoms with E-state index in [1.165, 1.54) is 6.07 Å². The van der Waals surface area contributed by atoms with Crippen molar-refractivity contribution in [3.05, 3.63) is 77.8 Å². The maximum absolute atomic E-state index is 15.1. The van der Waals surface area contributed by atoms with Crippen LogP contribution < -0.4 is 10.6 Å². The highest BCUT2D eigenvalue weighted by molar-refractivity contribution is 5.92. The molecule has 1 unspecified atom stereocenters. The van der Waals surface area contributed by atoms with Crippen molar-refractivity contribution in [3.63, 3.8) is 0 Å². The molecule has 5 aromatic rings. The Morgan fingerprint density at radius 3 is 2.67 bits per heavy atom. The molecule has 39 heavy (non-hydrogen) atoms. The average Bonchev–Trinajstić information content (AvgIpc) is 3.55. The first-order valence-electron chi connectivity index (χ1n) is 12.4. The van der Waals surface area contributed by atoms with Crippen LogP contribution in [0, 0.1) is 5.82 Å². The van der Waals surface area contributed by atoms with Gasteiger partial charge in [0.05, 0.1) is 5.52 Å². The van der Waals surface area contributed by atoms with Gasteiger partial charge < -0.3 is 25.2 Å². The fraction of sp³-hybridized carbons (Fsp3) is 0.250. The lowest BCUT2D eigenvalue weighted by molar-refractivity contribution is 0.0906. The lowest BCUT2D eigenvalue weighted by Gasteiger charge is -2.10. The second kappa shape index (κ2) is 10.3. The van der Waals surface area contributed by atoms with Gasteiger partial charge in [0.2, 0.25) is 0 Å². The summed E-state index contributed by atoms with van der Waals surface area (Å²) >= 11 is 0. The van der Waals surface area contributed by atoms with Gasteiger partial charge in [-0.15, -0.1) is 0 Å². The molecule has 2 aromatic carbocycles. The summed E-state index contributed by atoms with van der Waals surface area (Å²) < 4.78 is 20.1. The molecule has 200 valence electrons. The van der Waals surface area contributed by atoms with Gasteiger partial charge in [0.25, 0.3) is 0 Å². The van der Waals surface area contributed by atoms with Crippen LogP contribution in [0.15, 0.2) is 59.3 Å². The lowest BCUT2D eigenvalue weighted by atomic mass is 9.96. The van der Waals surface area contributed by atoms with Gasteiger partial charge in [0.15, 0.2) is 11.5 Å². The number of carbonyl (C=O) groups excluding carboxylic acids is 1. The quantitative estimate of drug-likeness (QED) is 0.221. The first kappa shape index (κ1) is 26.0. The number of carbonyl (C=O) groups is 1. The van der Waals surface area contributed by atoms with Crippen LogP contribution >= 0.6 is 0 Å². The predicted molar refractivity (Wildman–Crippen MR) is 144 cm³/mol. The topological polar surface area (TPSA) is 142 Å². The number of amides is 1. The lowest BCUT2D eigenvalue weighted by Crippen LogP contribution is -2.24. The number of aliphatic hydroxyl groups is 1. The van der Waals surface area contributed by atoms with Crippen molar-refractivity contribution in [2.45, 2.75) is 45.9 Å². The third-order valence-corrected chi connectivity index (χ3v) is 6.00. The van der Waals surface area contributed by atoms with Gasteiger partial charge in [-0.1, -0.05) is 50.2 Å². The molecule has 0 spiro atoms. The smallest absolute Gasteiger partial charge is 0.315 e. The molecule has 0 saturated heterocycles. The van der Waals surface area contributed by atoms with Crippen molar-refractivity contribution in [1.29, 1.82) is 0 Å². The molecule has 0 bridgehead atoms. The Labute approximate surface area is 223 Å². The molecular formula is C28H28FN7O3. The number of H-pyrrole nitrogens is 1. The first-order chi connectivity index (χ1) is 18.6. The zero-order valence-electron chi connectivity index (χ0n) is 21.9. The highest BCUT2D eigenvalue weighted by atomic mass is 19.1. The van der Waals surface area contributed by atoms with E-state index in [-0.39, 0.29) is 17.9 Å². The summed E-state index contributed by atoms with van der Waals surface area (Å²) in [6.07, 6.45) is 0.922. The van der Waals surface area contributed by atoms with Crippen molar-refractivity contribution in [1.82, 2.24) is 30.4 Å². The van der Waals surface area contributed by atoms with Gasteiger partial charge in [-0.25, -0.2) is 14.4 Å². The molecule has 0 saturated carbocycles.